The van der Waals surface area contributed by atoms with E-state index < -0.39 is 0 Å². The molecule has 13 heavy (non-hydrogen) atoms. The Morgan fingerprint density at radius 3 is 2.31 bits per heavy atom. The molecule has 0 aromatic rings. The van der Waals surface area contributed by atoms with Crippen LogP contribution >= 0.6 is 0 Å². The molecule has 3 fully saturated rings. The summed E-state index contributed by atoms with van der Waals surface area (Å²) < 4.78 is 4.86. The maximum absolute atomic E-state index is 11.5. The van der Waals surface area contributed by atoms with Crippen molar-refractivity contribution < 1.29 is 9.53 Å². The van der Waals surface area contributed by atoms with Gasteiger partial charge in [-0.05, 0) is 37.5 Å². The summed E-state index contributed by atoms with van der Waals surface area (Å²) in [6.45, 7) is 0. The quantitative estimate of drug-likeness (QED) is 0.582. The third-order valence-electron chi connectivity index (χ3n) is 3.85. The van der Waals surface area contributed by atoms with Crippen LogP contribution in [0.25, 0.3) is 0 Å². The number of ether oxygens (including phenoxy) is 1. The molecule has 0 aliphatic heterocycles. The van der Waals surface area contributed by atoms with Gasteiger partial charge in [-0.15, -0.1) is 0 Å². The van der Waals surface area contributed by atoms with Crippen molar-refractivity contribution in [3.63, 3.8) is 0 Å². The second-order valence-corrected chi connectivity index (χ2v) is 4.49. The fourth-order valence-electron chi connectivity index (χ4n) is 2.99. The summed E-state index contributed by atoms with van der Waals surface area (Å²) in [7, 11) is 1.51. The van der Waals surface area contributed by atoms with Gasteiger partial charge in [0.25, 0.3) is 0 Å². The van der Waals surface area contributed by atoms with Crippen LogP contribution in [0.5, 0.6) is 0 Å². The summed E-state index contributed by atoms with van der Waals surface area (Å²) in [6.07, 6.45) is 7.52. The Bertz CT molecular complexity index is 192. The van der Waals surface area contributed by atoms with E-state index in [9.17, 15) is 4.79 Å². The van der Waals surface area contributed by atoms with Gasteiger partial charge in [-0.2, -0.15) is 0 Å². The van der Waals surface area contributed by atoms with Crippen molar-refractivity contribution in [2.45, 2.75) is 38.5 Å². The number of rotatable bonds is 1. The molecule has 2 bridgehead atoms. The number of fused-ring (bicyclic) bond motifs is 4. The fourth-order valence-corrected chi connectivity index (χ4v) is 2.99. The topological polar surface area (TPSA) is 26.3 Å². The van der Waals surface area contributed by atoms with Crippen LogP contribution in [0.15, 0.2) is 0 Å². The summed E-state index contributed by atoms with van der Waals surface area (Å²) in [5.74, 6) is 1.79. The zero-order valence-electron chi connectivity index (χ0n) is 8.29. The minimum atomic E-state index is 0.0348. The number of carbonyl (C=O) groups excluding carboxylic acids is 1. The second kappa shape index (κ2) is 3.69. The van der Waals surface area contributed by atoms with Crippen LogP contribution < -0.4 is 0 Å². The van der Waals surface area contributed by atoms with Crippen LogP contribution in [-0.2, 0) is 9.53 Å². The van der Waals surface area contributed by atoms with Gasteiger partial charge in [0.1, 0.15) is 0 Å². The highest BCUT2D eigenvalue weighted by Gasteiger charge is 2.36. The molecule has 3 saturated carbocycles. The Balaban J connectivity index is 2.06. The standard InChI is InChI=1S/C11H18O2/c1-13-11(12)10-7-4-8-2-5-9(10)6-3-8/h8-10H,2-7H2,1H3. The number of hydrogen-bond donors (Lipinski definition) is 0. The van der Waals surface area contributed by atoms with Gasteiger partial charge in [0.2, 0.25) is 0 Å². The molecule has 3 aliphatic carbocycles. The Hall–Kier alpha value is -0.530. The largest absolute Gasteiger partial charge is 0.469 e. The molecule has 74 valence electrons. The highest BCUT2D eigenvalue weighted by molar-refractivity contribution is 5.72. The molecule has 3 rings (SSSR count). The van der Waals surface area contributed by atoms with Crippen molar-refractivity contribution in [2.24, 2.45) is 17.8 Å². The highest BCUT2D eigenvalue weighted by Crippen LogP contribution is 2.42. The lowest BCUT2D eigenvalue weighted by Gasteiger charge is -2.25. The van der Waals surface area contributed by atoms with Crippen molar-refractivity contribution in [3.8, 4) is 0 Å². The summed E-state index contributed by atoms with van der Waals surface area (Å²) >= 11 is 0. The molecule has 0 radical (unpaired) electrons. The van der Waals surface area contributed by atoms with Gasteiger partial charge in [0, 0.05) is 0 Å². The summed E-state index contributed by atoms with van der Waals surface area (Å²) in [6, 6.07) is 0. The summed E-state index contributed by atoms with van der Waals surface area (Å²) in [5, 5.41) is 0. The molecule has 2 heteroatoms. The third kappa shape index (κ3) is 1.72. The SMILES string of the molecule is COC(=O)C1CCC2CCC1CC2. The van der Waals surface area contributed by atoms with E-state index in [1.165, 1.54) is 39.2 Å². The first-order chi connectivity index (χ1) is 6.31. The number of methoxy groups -OCH3 is 1. The van der Waals surface area contributed by atoms with Gasteiger partial charge in [-0.1, -0.05) is 12.8 Å². The molecule has 1 unspecified atom stereocenters. The molecule has 0 spiro atoms. The van der Waals surface area contributed by atoms with Crippen LogP contribution in [-0.4, -0.2) is 13.1 Å². The zero-order valence-corrected chi connectivity index (χ0v) is 8.29. The van der Waals surface area contributed by atoms with Crippen LogP contribution in [0, 0.1) is 17.8 Å². The molecule has 0 heterocycles. The Labute approximate surface area is 79.7 Å². The van der Waals surface area contributed by atoms with E-state index in [0.717, 1.165) is 12.3 Å². The zero-order chi connectivity index (χ0) is 9.26. The predicted molar refractivity (Wildman–Crippen MR) is 50.2 cm³/mol. The van der Waals surface area contributed by atoms with Crippen molar-refractivity contribution >= 4 is 5.97 Å². The van der Waals surface area contributed by atoms with E-state index in [0.29, 0.717) is 5.92 Å². The van der Waals surface area contributed by atoms with E-state index in [2.05, 4.69) is 0 Å². The number of hydrogen-bond acceptors (Lipinski definition) is 2. The smallest absolute Gasteiger partial charge is 0.308 e. The minimum Gasteiger partial charge on any atom is -0.469 e. The van der Waals surface area contributed by atoms with Crippen LogP contribution in [0.3, 0.4) is 0 Å². The van der Waals surface area contributed by atoms with Crippen molar-refractivity contribution in [1.29, 1.82) is 0 Å². The van der Waals surface area contributed by atoms with Crippen molar-refractivity contribution in [1.82, 2.24) is 0 Å². The van der Waals surface area contributed by atoms with E-state index in [-0.39, 0.29) is 11.9 Å². The fraction of sp³-hybridized carbons (Fsp3) is 0.909. The highest BCUT2D eigenvalue weighted by atomic mass is 16.5. The normalized spacial score (nSPS) is 38.4. The number of esters is 1. The molecule has 0 aromatic heterocycles. The monoisotopic (exact) mass is 182 g/mol. The maximum Gasteiger partial charge on any atom is 0.308 e. The first kappa shape index (κ1) is 9.04. The molecular weight excluding hydrogens is 164 g/mol. The molecule has 0 N–H and O–H groups in total. The lowest BCUT2D eigenvalue weighted by Crippen LogP contribution is -2.24. The van der Waals surface area contributed by atoms with Crippen LogP contribution in [0.4, 0.5) is 0 Å². The summed E-state index contributed by atoms with van der Waals surface area (Å²) in [4.78, 5) is 11.5. The lowest BCUT2D eigenvalue weighted by atomic mass is 9.80. The maximum atomic E-state index is 11.5. The lowest BCUT2D eigenvalue weighted by molar-refractivity contribution is -0.147. The molecule has 1 atom stereocenters. The molecular formula is C11H18O2. The first-order valence-corrected chi connectivity index (χ1v) is 5.39. The molecule has 0 amide bonds. The molecule has 0 aromatic carbocycles. The van der Waals surface area contributed by atoms with E-state index in [1.54, 1.807) is 0 Å². The third-order valence-corrected chi connectivity index (χ3v) is 3.85. The van der Waals surface area contributed by atoms with Gasteiger partial charge in [0.15, 0.2) is 0 Å². The Morgan fingerprint density at radius 1 is 1.08 bits per heavy atom. The van der Waals surface area contributed by atoms with Gasteiger partial charge >= 0.3 is 5.97 Å². The first-order valence-electron chi connectivity index (χ1n) is 5.39. The van der Waals surface area contributed by atoms with Crippen LogP contribution in [0.1, 0.15) is 38.5 Å². The van der Waals surface area contributed by atoms with Crippen molar-refractivity contribution in [3.05, 3.63) is 0 Å². The minimum absolute atomic E-state index is 0.0348. The number of carbonyl (C=O) groups is 1. The van der Waals surface area contributed by atoms with E-state index >= 15 is 0 Å². The van der Waals surface area contributed by atoms with Gasteiger partial charge in [-0.3, -0.25) is 4.79 Å². The van der Waals surface area contributed by atoms with E-state index in [4.69, 9.17) is 4.74 Å². The summed E-state index contributed by atoms with van der Waals surface area (Å²) in [5.41, 5.74) is 0. The average molecular weight is 182 g/mol. The predicted octanol–water partition coefficient (Wildman–Crippen LogP) is 2.38. The Morgan fingerprint density at radius 2 is 1.69 bits per heavy atom. The van der Waals surface area contributed by atoms with Gasteiger partial charge in [0.05, 0.1) is 13.0 Å². The van der Waals surface area contributed by atoms with Gasteiger partial charge < -0.3 is 4.74 Å². The second-order valence-electron chi connectivity index (χ2n) is 4.49. The average Bonchev–Trinajstić information content (AvgIpc) is 2.49. The molecule has 2 nitrogen and oxygen atoms in total. The van der Waals surface area contributed by atoms with Gasteiger partial charge in [-0.25, -0.2) is 0 Å². The van der Waals surface area contributed by atoms with Crippen LogP contribution in [0.2, 0.25) is 0 Å². The Kier molecular flexibility index (Phi) is 2.56. The van der Waals surface area contributed by atoms with Crippen molar-refractivity contribution in [2.75, 3.05) is 7.11 Å². The molecule has 3 aliphatic rings. The molecule has 0 saturated heterocycles. The van der Waals surface area contributed by atoms with E-state index in [1.807, 2.05) is 0 Å².